The summed E-state index contributed by atoms with van der Waals surface area (Å²) in [6.07, 6.45) is 2.57. The van der Waals surface area contributed by atoms with Crippen LogP contribution in [0.15, 0.2) is 40.6 Å². The highest BCUT2D eigenvalue weighted by molar-refractivity contribution is 7.91. The van der Waals surface area contributed by atoms with Gasteiger partial charge in [0.05, 0.1) is 11.4 Å². The Labute approximate surface area is 197 Å². The monoisotopic (exact) mass is 494 g/mol. The van der Waals surface area contributed by atoms with Gasteiger partial charge in [-0.05, 0) is 49.1 Å². The second kappa shape index (κ2) is 10.2. The number of thiophene rings is 1. The maximum atomic E-state index is 13.1. The zero-order valence-electron chi connectivity index (χ0n) is 18.2. The van der Waals surface area contributed by atoms with Gasteiger partial charge in [-0.15, -0.1) is 11.3 Å². The Morgan fingerprint density at radius 3 is 2.27 bits per heavy atom. The van der Waals surface area contributed by atoms with Gasteiger partial charge in [0.15, 0.2) is 0 Å². The first kappa shape index (κ1) is 23.7. The number of halogens is 1. The van der Waals surface area contributed by atoms with Gasteiger partial charge in [0.1, 0.15) is 10.0 Å². The van der Waals surface area contributed by atoms with Crippen LogP contribution in [-0.4, -0.2) is 73.7 Å². The van der Waals surface area contributed by atoms with Crippen LogP contribution in [0.4, 0.5) is 14.2 Å². The number of hydrogen-bond acceptors (Lipinski definition) is 5. The van der Waals surface area contributed by atoms with Gasteiger partial charge in [-0.25, -0.2) is 17.6 Å². The Morgan fingerprint density at radius 1 is 0.879 bits per heavy atom. The fourth-order valence-corrected chi connectivity index (χ4v) is 6.89. The summed E-state index contributed by atoms with van der Waals surface area (Å²) in [5.74, 6) is -0.395. The van der Waals surface area contributed by atoms with Crippen molar-refractivity contribution in [2.45, 2.75) is 29.9 Å². The molecule has 0 bridgehead atoms. The van der Waals surface area contributed by atoms with E-state index in [-0.39, 0.29) is 28.4 Å². The first-order chi connectivity index (χ1) is 15.8. The average Bonchev–Trinajstić information content (AvgIpc) is 3.44. The summed E-state index contributed by atoms with van der Waals surface area (Å²) in [6.45, 7) is 2.90. The number of carbonyl (C=O) groups is 2. The zero-order valence-corrected chi connectivity index (χ0v) is 19.8. The van der Waals surface area contributed by atoms with Gasteiger partial charge in [0.25, 0.3) is 10.0 Å². The number of anilines is 1. The van der Waals surface area contributed by atoms with Crippen LogP contribution in [0.5, 0.6) is 0 Å². The van der Waals surface area contributed by atoms with Gasteiger partial charge in [-0.1, -0.05) is 12.1 Å². The van der Waals surface area contributed by atoms with Crippen molar-refractivity contribution >= 4 is 38.3 Å². The highest BCUT2D eigenvalue weighted by atomic mass is 32.2. The molecule has 0 saturated carbocycles. The van der Waals surface area contributed by atoms with Crippen LogP contribution in [0.2, 0.25) is 0 Å². The van der Waals surface area contributed by atoms with E-state index in [0.717, 1.165) is 29.7 Å². The summed E-state index contributed by atoms with van der Waals surface area (Å²) in [5, 5.41) is 3.27. The summed E-state index contributed by atoms with van der Waals surface area (Å²) in [5.41, 5.74) is 0.748. The molecule has 2 saturated heterocycles. The number of sulfonamides is 1. The third-order valence-electron chi connectivity index (χ3n) is 5.88. The number of carbonyl (C=O) groups excluding carboxylic acids is 2. The van der Waals surface area contributed by atoms with E-state index < -0.39 is 10.0 Å². The maximum absolute atomic E-state index is 13.1. The molecular weight excluding hydrogens is 467 g/mol. The van der Waals surface area contributed by atoms with E-state index in [0.29, 0.717) is 50.7 Å². The minimum atomic E-state index is -3.51. The Morgan fingerprint density at radius 2 is 1.55 bits per heavy atom. The number of amides is 3. The molecule has 0 spiro atoms. The molecule has 4 rings (SSSR count). The van der Waals surface area contributed by atoms with E-state index in [1.54, 1.807) is 28.0 Å². The largest absolute Gasteiger partial charge is 0.341 e. The highest BCUT2D eigenvalue weighted by Gasteiger charge is 2.29. The van der Waals surface area contributed by atoms with Crippen molar-refractivity contribution in [3.05, 3.63) is 47.8 Å². The first-order valence-electron chi connectivity index (χ1n) is 11.0. The molecule has 2 aliphatic heterocycles. The fraction of sp³-hybridized carbons (Fsp3) is 0.455. The molecule has 0 aliphatic carbocycles. The number of nitrogens with one attached hydrogen (secondary N) is 1. The predicted octanol–water partition coefficient (Wildman–Crippen LogP) is 2.98. The Kier molecular flexibility index (Phi) is 7.30. The van der Waals surface area contributed by atoms with Crippen LogP contribution in [0.25, 0.3) is 0 Å². The molecule has 1 aromatic carbocycles. The Hall–Kier alpha value is -2.50. The number of hydrogen-bond donors (Lipinski definition) is 1. The van der Waals surface area contributed by atoms with E-state index in [2.05, 4.69) is 5.32 Å². The first-order valence-corrected chi connectivity index (χ1v) is 13.3. The lowest BCUT2D eigenvalue weighted by Gasteiger charge is -2.22. The summed E-state index contributed by atoms with van der Waals surface area (Å²) in [6, 6.07) is 8.71. The van der Waals surface area contributed by atoms with Gasteiger partial charge in [0, 0.05) is 39.3 Å². The van der Waals surface area contributed by atoms with Crippen molar-refractivity contribution in [2.75, 3.05) is 44.6 Å². The molecule has 1 aromatic heterocycles. The third kappa shape index (κ3) is 5.71. The van der Waals surface area contributed by atoms with E-state index >= 15 is 0 Å². The Bertz CT molecular complexity index is 1100. The van der Waals surface area contributed by atoms with Crippen molar-refractivity contribution in [1.82, 2.24) is 14.1 Å². The van der Waals surface area contributed by atoms with Crippen molar-refractivity contribution < 1.29 is 22.4 Å². The van der Waals surface area contributed by atoms with Crippen LogP contribution in [0.1, 0.15) is 24.8 Å². The smallest absolute Gasteiger partial charge is 0.322 e. The van der Waals surface area contributed by atoms with Crippen molar-refractivity contribution in [1.29, 1.82) is 0 Å². The summed E-state index contributed by atoms with van der Waals surface area (Å²) < 4.78 is 40.2. The number of benzene rings is 1. The summed E-state index contributed by atoms with van der Waals surface area (Å²) in [7, 11) is -3.51. The van der Waals surface area contributed by atoms with E-state index in [1.165, 1.54) is 22.5 Å². The molecule has 178 valence electrons. The molecular formula is C22H27FN4O4S2. The SMILES string of the molecule is O=C(Cc1ccc(F)cc1)N1CCCN(C(=O)Nc2ccc(S(=O)(=O)N3CCCC3)s2)CC1. The van der Waals surface area contributed by atoms with E-state index in [9.17, 15) is 22.4 Å². The number of nitrogens with zero attached hydrogens (tertiary/aromatic N) is 3. The van der Waals surface area contributed by atoms with Crippen LogP contribution in [0, 0.1) is 5.82 Å². The van der Waals surface area contributed by atoms with Gasteiger partial charge < -0.3 is 9.80 Å². The minimum Gasteiger partial charge on any atom is -0.341 e. The fourth-order valence-electron chi connectivity index (χ4n) is 4.02. The normalized spacial score (nSPS) is 17.7. The second-order valence-electron chi connectivity index (χ2n) is 8.18. The molecule has 2 aromatic rings. The molecule has 0 radical (unpaired) electrons. The van der Waals surface area contributed by atoms with Crippen LogP contribution >= 0.6 is 11.3 Å². The molecule has 33 heavy (non-hydrogen) atoms. The van der Waals surface area contributed by atoms with Gasteiger partial charge in [0.2, 0.25) is 5.91 Å². The molecule has 3 heterocycles. The Balaban J connectivity index is 1.31. The molecule has 2 aliphatic rings. The predicted molar refractivity (Wildman–Crippen MR) is 124 cm³/mol. The summed E-state index contributed by atoms with van der Waals surface area (Å²) >= 11 is 1.05. The zero-order chi connectivity index (χ0) is 23.4. The van der Waals surface area contributed by atoms with Crippen molar-refractivity contribution in [3.63, 3.8) is 0 Å². The molecule has 0 atom stereocenters. The lowest BCUT2D eigenvalue weighted by atomic mass is 10.1. The maximum Gasteiger partial charge on any atom is 0.322 e. The number of rotatable bonds is 5. The van der Waals surface area contributed by atoms with Crippen LogP contribution < -0.4 is 5.32 Å². The van der Waals surface area contributed by atoms with Gasteiger partial charge >= 0.3 is 6.03 Å². The molecule has 1 N–H and O–H groups in total. The second-order valence-corrected chi connectivity index (χ2v) is 11.4. The highest BCUT2D eigenvalue weighted by Crippen LogP contribution is 2.30. The van der Waals surface area contributed by atoms with E-state index in [4.69, 9.17) is 0 Å². The lowest BCUT2D eigenvalue weighted by Crippen LogP contribution is -2.39. The minimum absolute atomic E-state index is 0.0566. The van der Waals surface area contributed by atoms with Crippen molar-refractivity contribution in [2.24, 2.45) is 0 Å². The average molecular weight is 495 g/mol. The standard InChI is InChI=1S/C22H27FN4O4S2/c23-18-6-4-17(5-7-18)16-20(28)25-10-3-11-26(15-14-25)22(29)24-19-8-9-21(32-19)33(30,31)27-12-1-2-13-27/h4-9H,1-3,10-16H2,(H,24,29). The van der Waals surface area contributed by atoms with Crippen molar-refractivity contribution in [3.8, 4) is 0 Å². The molecule has 8 nitrogen and oxygen atoms in total. The summed E-state index contributed by atoms with van der Waals surface area (Å²) in [4.78, 5) is 28.8. The van der Waals surface area contributed by atoms with Gasteiger partial charge in [-0.3, -0.25) is 10.1 Å². The van der Waals surface area contributed by atoms with E-state index in [1.807, 2.05) is 0 Å². The van der Waals surface area contributed by atoms with Gasteiger partial charge in [-0.2, -0.15) is 4.31 Å². The topological polar surface area (TPSA) is 90.0 Å². The molecule has 11 heteroatoms. The molecule has 0 unspecified atom stereocenters. The number of urea groups is 1. The lowest BCUT2D eigenvalue weighted by molar-refractivity contribution is -0.130. The van der Waals surface area contributed by atoms with Crippen LogP contribution in [0.3, 0.4) is 0 Å². The quantitative estimate of drug-likeness (QED) is 0.692. The van der Waals surface area contributed by atoms with Crippen LogP contribution in [-0.2, 0) is 21.2 Å². The molecule has 2 fully saturated rings. The third-order valence-corrected chi connectivity index (χ3v) is 9.24. The molecule has 3 amide bonds.